The van der Waals surface area contributed by atoms with Crippen LogP contribution < -0.4 is 5.19 Å². The number of fused-ring (bicyclic) bond motifs is 1. The molecule has 220 valence electrons. The molecule has 0 radical (unpaired) electrons. The summed E-state index contributed by atoms with van der Waals surface area (Å²) in [5.74, 6) is 0.966. The zero-order valence-corrected chi connectivity index (χ0v) is 33.2. The Morgan fingerprint density at radius 1 is 0.854 bits per heavy atom. The molecule has 1 atom stereocenters. The summed E-state index contributed by atoms with van der Waals surface area (Å²) in [6.07, 6.45) is 0. The monoisotopic (exact) mass is 731 g/mol. The fourth-order valence-electron chi connectivity index (χ4n) is 8.04. The minimum absolute atomic E-state index is 0. The van der Waals surface area contributed by atoms with Gasteiger partial charge >= 0.3 is 0 Å². The normalized spacial score (nSPS) is 16.8. The van der Waals surface area contributed by atoms with Crippen LogP contribution >= 0.6 is 0 Å². The van der Waals surface area contributed by atoms with Crippen LogP contribution in [0.15, 0.2) is 64.4 Å². The maximum Gasteiger partial charge on any atom is 0.114 e. The molecule has 0 fully saturated rings. The van der Waals surface area contributed by atoms with E-state index in [0.717, 1.165) is 0 Å². The molecule has 0 bridgehead atoms. The fourth-order valence-corrected chi connectivity index (χ4v) is 14.2. The van der Waals surface area contributed by atoms with Gasteiger partial charge in [0.2, 0.25) is 0 Å². The van der Waals surface area contributed by atoms with Crippen molar-refractivity contribution in [3.63, 3.8) is 0 Å². The van der Waals surface area contributed by atoms with Crippen molar-refractivity contribution in [1.29, 1.82) is 0 Å². The second-order valence-corrected chi connectivity index (χ2v) is 19.6. The van der Waals surface area contributed by atoms with Gasteiger partial charge in [-0.25, -0.2) is 0 Å². The van der Waals surface area contributed by atoms with Gasteiger partial charge in [0.15, 0.2) is 0 Å². The van der Waals surface area contributed by atoms with Gasteiger partial charge in [-0.15, -0.1) is 29.0 Å². The van der Waals surface area contributed by atoms with E-state index in [1.165, 1.54) is 34.0 Å². The largest absolute Gasteiger partial charge is 0.168 e. The molecule has 2 heteroatoms. The second-order valence-electron chi connectivity index (χ2n) is 15.0. The van der Waals surface area contributed by atoms with E-state index in [-0.39, 0.29) is 36.7 Å². The number of rotatable bonds is 6. The van der Waals surface area contributed by atoms with Gasteiger partial charge in [0, 0.05) is 25.8 Å². The fraction of sp³-hybridized carbons (Fsp3) is 0.513. The van der Waals surface area contributed by atoms with Crippen molar-refractivity contribution in [1.82, 2.24) is 0 Å². The summed E-state index contributed by atoms with van der Waals surface area (Å²) in [4.78, 5) is 0. The van der Waals surface area contributed by atoms with Crippen molar-refractivity contribution in [2.75, 3.05) is 0 Å². The Bertz CT molecular complexity index is 1490. The zero-order chi connectivity index (χ0) is 29.9. The topological polar surface area (TPSA) is 0 Å². The van der Waals surface area contributed by atoms with Crippen LogP contribution in [0.1, 0.15) is 120 Å². The summed E-state index contributed by atoms with van der Waals surface area (Å²) < 4.78 is 0. The van der Waals surface area contributed by atoms with Crippen LogP contribution in [0.2, 0.25) is 12.1 Å². The molecule has 1 unspecified atom stereocenters. The first-order valence-electron chi connectivity index (χ1n) is 15.8. The molecule has 0 amide bonds. The molecule has 0 spiro atoms. The van der Waals surface area contributed by atoms with Gasteiger partial charge in [-0.2, -0.15) is 12.1 Å². The molecular formula is C39H55HfSi-. The molecule has 0 saturated heterocycles. The number of allylic oxidation sites excluding steroid dienone is 4. The van der Waals surface area contributed by atoms with Gasteiger partial charge in [0.25, 0.3) is 0 Å². The summed E-state index contributed by atoms with van der Waals surface area (Å²) in [5.41, 5.74) is 12.5. The van der Waals surface area contributed by atoms with Crippen molar-refractivity contribution in [3.8, 4) is 11.1 Å². The molecule has 41 heavy (non-hydrogen) atoms. The predicted octanol–water partition coefficient (Wildman–Crippen LogP) is 11.5. The van der Waals surface area contributed by atoms with Crippen LogP contribution in [0, 0.1) is 5.92 Å². The van der Waals surface area contributed by atoms with Gasteiger partial charge in [-0.3, -0.25) is 0 Å². The van der Waals surface area contributed by atoms with E-state index in [1.54, 1.807) is 38.6 Å². The number of hydrogen-bond acceptors (Lipinski definition) is 0. The Labute approximate surface area is 272 Å². The molecule has 0 aliphatic heterocycles. The second kappa shape index (κ2) is 12.0. The average molecular weight is 730 g/mol. The van der Waals surface area contributed by atoms with Crippen molar-refractivity contribution < 1.29 is 25.8 Å². The van der Waals surface area contributed by atoms with Crippen molar-refractivity contribution in [3.05, 3.63) is 81.1 Å². The summed E-state index contributed by atoms with van der Waals surface area (Å²) in [7, 11) is -2.11. The van der Waals surface area contributed by atoms with Gasteiger partial charge in [-0.05, 0) is 76.5 Å². The van der Waals surface area contributed by atoms with Crippen molar-refractivity contribution in [2.45, 2.75) is 126 Å². The van der Waals surface area contributed by atoms with Crippen LogP contribution in [0.5, 0.6) is 0 Å². The zero-order valence-electron chi connectivity index (χ0n) is 28.6. The molecular weight excluding hydrogens is 675 g/mol. The molecule has 3 aromatic rings. The number of benzene rings is 2. The van der Waals surface area contributed by atoms with E-state index in [1.807, 2.05) is 5.20 Å². The van der Waals surface area contributed by atoms with Crippen LogP contribution in [-0.2, 0) is 36.7 Å². The van der Waals surface area contributed by atoms with Crippen LogP contribution in [0.25, 0.3) is 21.9 Å². The molecule has 0 heterocycles. The summed E-state index contributed by atoms with van der Waals surface area (Å²) >= 11 is 0. The van der Waals surface area contributed by atoms with Crippen molar-refractivity contribution in [2.24, 2.45) is 5.92 Å². The molecule has 4 rings (SSSR count). The van der Waals surface area contributed by atoms with E-state index < -0.39 is 8.07 Å². The third kappa shape index (κ3) is 5.55. The molecule has 1 aliphatic carbocycles. The molecule has 3 aromatic carbocycles. The Morgan fingerprint density at radius 3 is 1.93 bits per heavy atom. The minimum atomic E-state index is -2.11. The van der Waals surface area contributed by atoms with Crippen LogP contribution in [0.3, 0.4) is 0 Å². The first-order valence-corrected chi connectivity index (χ1v) is 18.2. The summed E-state index contributed by atoms with van der Waals surface area (Å²) in [5, 5.41) is 6.30. The summed E-state index contributed by atoms with van der Waals surface area (Å²) in [6.45, 7) is 34.4. The first-order chi connectivity index (χ1) is 18.5. The van der Waals surface area contributed by atoms with Crippen molar-refractivity contribution >= 4 is 24.0 Å². The van der Waals surface area contributed by atoms with E-state index in [9.17, 15) is 0 Å². The SMILES string of the molecule is CC[Si](CC)(C1=C(C)C(C)=C(C)C1C)c1c(C(C)(C)C)cc(-c2cccc3[cH-]ccc23)c(C(C)C)c1C(C)(C)C.[Hf]. The van der Waals surface area contributed by atoms with Gasteiger partial charge in [0.05, 0.1) is 0 Å². The van der Waals surface area contributed by atoms with Gasteiger partial charge < -0.3 is 0 Å². The van der Waals surface area contributed by atoms with E-state index in [2.05, 4.69) is 139 Å². The molecule has 0 saturated carbocycles. The minimum Gasteiger partial charge on any atom is -0.168 e. The number of hydrogen-bond donors (Lipinski definition) is 0. The van der Waals surface area contributed by atoms with E-state index in [0.29, 0.717) is 11.8 Å². The van der Waals surface area contributed by atoms with Crippen LogP contribution in [0.4, 0.5) is 0 Å². The molecule has 0 nitrogen and oxygen atoms in total. The predicted molar refractivity (Wildman–Crippen MR) is 183 cm³/mol. The maximum absolute atomic E-state index is 2.66. The Kier molecular flexibility index (Phi) is 9.94. The maximum atomic E-state index is 2.66. The quantitative estimate of drug-likeness (QED) is 0.175. The van der Waals surface area contributed by atoms with E-state index in [4.69, 9.17) is 0 Å². The van der Waals surface area contributed by atoms with Gasteiger partial charge in [-0.1, -0.05) is 122 Å². The Balaban J connectivity index is 0.00000462. The van der Waals surface area contributed by atoms with Crippen LogP contribution in [-0.4, -0.2) is 8.07 Å². The Hall–Kier alpha value is -1.38. The molecule has 1 aliphatic rings. The first kappa shape index (κ1) is 34.1. The molecule has 0 N–H and O–H groups in total. The third-order valence-corrected chi connectivity index (χ3v) is 16.0. The average Bonchev–Trinajstić information content (AvgIpc) is 3.43. The molecule has 0 aromatic heterocycles. The Morgan fingerprint density at radius 2 is 1.46 bits per heavy atom. The smallest absolute Gasteiger partial charge is 0.114 e. The standard InChI is InChI=1S/C39H55Si.Hf/c1-15-40(16-2,36-27(7)25(5)26(6)28(36)8)37-33(38(9,10)11)23-32(34(24(3)4)35(37)39(12,13)14)31-22-18-20-29-19-17-21-30(29)31;/h17-24,27H,15-16H2,1-14H3;/q-1;. The van der Waals surface area contributed by atoms with Gasteiger partial charge in [0.1, 0.15) is 8.07 Å². The third-order valence-electron chi connectivity index (χ3n) is 10.3. The van der Waals surface area contributed by atoms with E-state index >= 15 is 0 Å². The summed E-state index contributed by atoms with van der Waals surface area (Å²) in [6, 6.07) is 18.9.